The Labute approximate surface area is 156 Å². The van der Waals surface area contributed by atoms with Crippen molar-refractivity contribution in [3.05, 3.63) is 77.4 Å². The molecule has 1 aliphatic heterocycles. The van der Waals surface area contributed by atoms with Gasteiger partial charge in [-0.15, -0.1) is 0 Å². The molecule has 0 saturated carbocycles. The molecule has 0 aliphatic carbocycles. The van der Waals surface area contributed by atoms with Gasteiger partial charge in [0.15, 0.2) is 0 Å². The van der Waals surface area contributed by atoms with E-state index in [1.165, 1.54) is 0 Å². The second kappa shape index (κ2) is 7.71. The average molecular weight is 359 g/mol. The van der Waals surface area contributed by atoms with Crippen LogP contribution in [0.4, 0.5) is 0 Å². The average Bonchev–Trinajstić information content (AvgIpc) is 2.66. The highest BCUT2D eigenvalue weighted by molar-refractivity contribution is 6.10. The van der Waals surface area contributed by atoms with Crippen LogP contribution >= 0.6 is 0 Å². The quantitative estimate of drug-likeness (QED) is 0.823. The molecule has 0 amide bonds. The van der Waals surface area contributed by atoms with Gasteiger partial charge in [0.2, 0.25) is 0 Å². The van der Waals surface area contributed by atoms with E-state index >= 15 is 0 Å². The third-order valence-electron chi connectivity index (χ3n) is 4.33. The van der Waals surface area contributed by atoms with Gasteiger partial charge < -0.3 is 10.2 Å². The number of benzene rings is 2. The Morgan fingerprint density at radius 3 is 2.11 bits per heavy atom. The number of nitrogens with zero attached hydrogens (tertiary/aromatic N) is 1. The summed E-state index contributed by atoms with van der Waals surface area (Å²) in [5, 5.41) is 19.5. The van der Waals surface area contributed by atoms with Crippen LogP contribution in [0, 0.1) is 23.7 Å². The zero-order valence-electron chi connectivity index (χ0n) is 14.6. The summed E-state index contributed by atoms with van der Waals surface area (Å²) in [7, 11) is 0. The van der Waals surface area contributed by atoms with Gasteiger partial charge in [0.1, 0.15) is 5.92 Å². The van der Waals surface area contributed by atoms with Gasteiger partial charge >= 0.3 is 11.9 Å². The maximum atomic E-state index is 12.0. The molecule has 1 aliphatic rings. The highest BCUT2D eigenvalue weighted by Gasteiger charge is 2.40. The van der Waals surface area contributed by atoms with E-state index in [9.17, 15) is 19.8 Å². The molecule has 5 nitrogen and oxygen atoms in total. The minimum atomic E-state index is -1.22. The minimum Gasteiger partial charge on any atom is -0.481 e. The fourth-order valence-electron chi connectivity index (χ4n) is 3.07. The summed E-state index contributed by atoms with van der Waals surface area (Å²) in [5.74, 6) is 1.31. The predicted octanol–water partition coefficient (Wildman–Crippen LogP) is 3.33. The van der Waals surface area contributed by atoms with Crippen molar-refractivity contribution in [2.45, 2.75) is 6.92 Å². The molecular formula is C22H17NO4. The van der Waals surface area contributed by atoms with Crippen LogP contribution in [-0.4, -0.2) is 27.9 Å². The maximum Gasteiger partial charge on any atom is 0.335 e. The molecule has 0 fully saturated rings. The first kappa shape index (κ1) is 18.2. The monoisotopic (exact) mass is 359 g/mol. The van der Waals surface area contributed by atoms with E-state index in [0.717, 1.165) is 0 Å². The molecule has 2 aromatic carbocycles. The molecule has 2 atom stereocenters. The molecule has 2 unspecified atom stereocenters. The van der Waals surface area contributed by atoms with Gasteiger partial charge in [0.05, 0.1) is 17.2 Å². The van der Waals surface area contributed by atoms with Crippen LogP contribution in [0.5, 0.6) is 0 Å². The third-order valence-corrected chi connectivity index (χ3v) is 4.33. The molecule has 0 bridgehead atoms. The molecule has 1 heterocycles. The lowest BCUT2D eigenvalue weighted by atomic mass is 9.79. The molecular weight excluding hydrogens is 342 g/mol. The van der Waals surface area contributed by atoms with E-state index in [2.05, 4.69) is 16.8 Å². The third kappa shape index (κ3) is 3.80. The van der Waals surface area contributed by atoms with Crippen molar-refractivity contribution >= 4 is 23.3 Å². The first-order valence-electron chi connectivity index (χ1n) is 8.36. The van der Waals surface area contributed by atoms with Gasteiger partial charge in [0.25, 0.3) is 0 Å². The standard InChI is InChI=1S/C22H17NO4/c1-14-18(21(24)25)17(13-12-15-8-4-2-5-9-15)19(22(26)27)20(23-14)16-10-6-3-7-11-16/h2-11,17-18H,1H3,(H,24,25)(H,26,27). The van der Waals surface area contributed by atoms with Crippen LogP contribution < -0.4 is 0 Å². The number of rotatable bonds is 3. The zero-order valence-corrected chi connectivity index (χ0v) is 14.6. The number of carbonyl (C=O) groups is 2. The summed E-state index contributed by atoms with van der Waals surface area (Å²) in [4.78, 5) is 28.2. The first-order valence-corrected chi connectivity index (χ1v) is 8.36. The lowest BCUT2D eigenvalue weighted by Crippen LogP contribution is -2.35. The Kier molecular flexibility index (Phi) is 5.18. The normalized spacial score (nSPS) is 18.9. The molecule has 2 N–H and O–H groups in total. The largest absolute Gasteiger partial charge is 0.481 e. The van der Waals surface area contributed by atoms with Crippen molar-refractivity contribution in [3.8, 4) is 11.8 Å². The summed E-state index contributed by atoms with van der Waals surface area (Å²) in [5.41, 5.74) is 1.80. The van der Waals surface area contributed by atoms with E-state index in [4.69, 9.17) is 0 Å². The Balaban J connectivity index is 2.20. The molecule has 2 aromatic rings. The van der Waals surface area contributed by atoms with Crippen LogP contribution in [0.25, 0.3) is 5.70 Å². The number of aliphatic imine (C=N–C) groups is 1. The summed E-state index contributed by atoms with van der Waals surface area (Å²) < 4.78 is 0. The summed E-state index contributed by atoms with van der Waals surface area (Å²) in [6.45, 7) is 1.59. The van der Waals surface area contributed by atoms with Gasteiger partial charge in [-0.25, -0.2) is 4.79 Å². The van der Waals surface area contributed by atoms with Gasteiger partial charge in [-0.3, -0.25) is 9.79 Å². The lowest BCUT2D eigenvalue weighted by molar-refractivity contribution is -0.140. The fourth-order valence-corrected chi connectivity index (χ4v) is 3.07. The van der Waals surface area contributed by atoms with Crippen molar-refractivity contribution < 1.29 is 19.8 Å². The van der Waals surface area contributed by atoms with E-state index in [1.54, 1.807) is 43.3 Å². The Morgan fingerprint density at radius 2 is 1.56 bits per heavy atom. The van der Waals surface area contributed by atoms with Gasteiger partial charge in [0, 0.05) is 16.8 Å². The lowest BCUT2D eigenvalue weighted by Gasteiger charge is -2.26. The van der Waals surface area contributed by atoms with Gasteiger partial charge in [-0.05, 0) is 19.1 Å². The summed E-state index contributed by atoms with van der Waals surface area (Å²) >= 11 is 0. The van der Waals surface area contributed by atoms with Crippen LogP contribution in [0.3, 0.4) is 0 Å². The summed E-state index contributed by atoms with van der Waals surface area (Å²) in [6, 6.07) is 17.9. The number of aliphatic carboxylic acids is 2. The predicted molar refractivity (Wildman–Crippen MR) is 102 cm³/mol. The fraction of sp³-hybridized carbons (Fsp3) is 0.136. The summed E-state index contributed by atoms with van der Waals surface area (Å²) in [6.07, 6.45) is 0. The van der Waals surface area contributed by atoms with Crippen molar-refractivity contribution in [2.75, 3.05) is 0 Å². The van der Waals surface area contributed by atoms with Crippen LogP contribution in [0.15, 0.2) is 71.2 Å². The molecule has 0 spiro atoms. The van der Waals surface area contributed by atoms with Crippen LogP contribution in [0.2, 0.25) is 0 Å². The van der Waals surface area contributed by atoms with E-state index in [1.807, 2.05) is 24.3 Å². The molecule has 3 rings (SSSR count). The van der Waals surface area contributed by atoms with Crippen molar-refractivity contribution in [1.82, 2.24) is 0 Å². The van der Waals surface area contributed by atoms with Gasteiger partial charge in [-0.2, -0.15) is 0 Å². The molecule has 5 heteroatoms. The number of hydrogen-bond donors (Lipinski definition) is 2. The van der Waals surface area contributed by atoms with Crippen molar-refractivity contribution in [2.24, 2.45) is 16.8 Å². The van der Waals surface area contributed by atoms with E-state index in [-0.39, 0.29) is 11.3 Å². The van der Waals surface area contributed by atoms with Crippen molar-refractivity contribution in [1.29, 1.82) is 0 Å². The number of carboxylic acids is 2. The second-order valence-electron chi connectivity index (χ2n) is 6.12. The molecule has 0 radical (unpaired) electrons. The second-order valence-corrected chi connectivity index (χ2v) is 6.12. The Bertz CT molecular complexity index is 995. The SMILES string of the molecule is CC1=NC(c2ccccc2)=C(C(=O)O)C(C#Cc2ccccc2)C1C(=O)O. The molecule has 134 valence electrons. The van der Waals surface area contributed by atoms with E-state index in [0.29, 0.717) is 16.8 Å². The molecule has 27 heavy (non-hydrogen) atoms. The van der Waals surface area contributed by atoms with Crippen LogP contribution in [0.1, 0.15) is 18.1 Å². The topological polar surface area (TPSA) is 87.0 Å². The minimum absolute atomic E-state index is 0.0948. The number of hydrogen-bond acceptors (Lipinski definition) is 3. The van der Waals surface area contributed by atoms with Crippen LogP contribution in [-0.2, 0) is 9.59 Å². The zero-order chi connectivity index (χ0) is 19.4. The smallest absolute Gasteiger partial charge is 0.335 e. The first-order chi connectivity index (χ1) is 13.0. The van der Waals surface area contributed by atoms with Gasteiger partial charge in [-0.1, -0.05) is 60.4 Å². The highest BCUT2D eigenvalue weighted by atomic mass is 16.4. The number of carboxylic acid groups (broad SMARTS) is 2. The molecule has 0 saturated heterocycles. The van der Waals surface area contributed by atoms with Crippen molar-refractivity contribution in [3.63, 3.8) is 0 Å². The Morgan fingerprint density at radius 1 is 0.963 bits per heavy atom. The molecule has 0 aromatic heterocycles. The highest BCUT2D eigenvalue weighted by Crippen LogP contribution is 2.35. The Hall–Kier alpha value is -3.65. The van der Waals surface area contributed by atoms with E-state index < -0.39 is 23.8 Å². The maximum absolute atomic E-state index is 12.0.